The molecule has 1 fully saturated rings. The third-order valence-corrected chi connectivity index (χ3v) is 4.37. The van der Waals surface area contributed by atoms with E-state index in [1.54, 1.807) is 18.2 Å². The van der Waals surface area contributed by atoms with Crippen molar-refractivity contribution in [3.8, 4) is 11.5 Å². The SMILES string of the molecule is OC1CCOc2c(NCc3cccc(OC4CC4)c3F)cccc21. The smallest absolute Gasteiger partial charge is 0.170 e. The third-order valence-electron chi connectivity index (χ3n) is 4.37. The van der Waals surface area contributed by atoms with E-state index in [0.29, 0.717) is 36.6 Å². The van der Waals surface area contributed by atoms with Gasteiger partial charge < -0.3 is 19.9 Å². The number of hydrogen-bond donors (Lipinski definition) is 2. The van der Waals surface area contributed by atoms with Crippen LogP contribution in [0.15, 0.2) is 36.4 Å². The molecule has 1 aliphatic heterocycles. The van der Waals surface area contributed by atoms with Gasteiger partial charge in [-0.1, -0.05) is 24.3 Å². The lowest BCUT2D eigenvalue weighted by Crippen LogP contribution is -2.15. The Hall–Kier alpha value is -2.27. The zero-order chi connectivity index (χ0) is 16.5. The van der Waals surface area contributed by atoms with Crippen molar-refractivity contribution in [3.63, 3.8) is 0 Å². The van der Waals surface area contributed by atoms with Gasteiger partial charge in [-0.15, -0.1) is 0 Å². The first-order valence-electron chi connectivity index (χ1n) is 8.34. The molecule has 0 spiro atoms. The summed E-state index contributed by atoms with van der Waals surface area (Å²) in [5.74, 6) is 0.656. The molecule has 2 aromatic carbocycles. The normalized spacial score (nSPS) is 19.3. The number of rotatable bonds is 5. The second-order valence-corrected chi connectivity index (χ2v) is 6.28. The van der Waals surface area contributed by atoms with Crippen LogP contribution in [0.4, 0.5) is 10.1 Å². The molecule has 1 saturated carbocycles. The van der Waals surface area contributed by atoms with Gasteiger partial charge in [0.05, 0.1) is 24.5 Å². The highest BCUT2D eigenvalue weighted by Crippen LogP contribution is 2.38. The van der Waals surface area contributed by atoms with Crippen molar-refractivity contribution in [1.29, 1.82) is 0 Å². The summed E-state index contributed by atoms with van der Waals surface area (Å²) >= 11 is 0. The average molecular weight is 329 g/mol. The molecule has 1 atom stereocenters. The number of nitrogens with one attached hydrogen (secondary N) is 1. The predicted molar refractivity (Wildman–Crippen MR) is 88.9 cm³/mol. The van der Waals surface area contributed by atoms with Crippen LogP contribution in [0.5, 0.6) is 11.5 Å². The van der Waals surface area contributed by atoms with E-state index in [1.165, 1.54) is 0 Å². The van der Waals surface area contributed by atoms with Gasteiger partial charge in [0.2, 0.25) is 0 Å². The van der Waals surface area contributed by atoms with Gasteiger partial charge in [0.15, 0.2) is 11.6 Å². The van der Waals surface area contributed by atoms with Crippen LogP contribution in [-0.2, 0) is 6.54 Å². The fourth-order valence-corrected chi connectivity index (χ4v) is 2.89. The zero-order valence-corrected chi connectivity index (χ0v) is 13.3. The van der Waals surface area contributed by atoms with E-state index in [0.717, 1.165) is 24.1 Å². The first-order chi connectivity index (χ1) is 11.7. The maximum atomic E-state index is 14.5. The van der Waals surface area contributed by atoms with Crippen molar-refractivity contribution < 1.29 is 19.0 Å². The minimum Gasteiger partial charge on any atom is -0.491 e. The maximum absolute atomic E-state index is 14.5. The molecule has 0 bridgehead atoms. The lowest BCUT2D eigenvalue weighted by molar-refractivity contribution is 0.116. The summed E-state index contributed by atoms with van der Waals surface area (Å²) in [7, 11) is 0. The van der Waals surface area contributed by atoms with Gasteiger partial charge in [0.25, 0.3) is 0 Å². The molecule has 4 rings (SSSR count). The molecule has 0 aromatic heterocycles. The second kappa shape index (κ2) is 6.32. The molecule has 0 amide bonds. The molecule has 1 unspecified atom stereocenters. The molecule has 2 aromatic rings. The number of anilines is 1. The van der Waals surface area contributed by atoms with Gasteiger partial charge in [0, 0.05) is 24.1 Å². The van der Waals surface area contributed by atoms with E-state index in [4.69, 9.17) is 9.47 Å². The van der Waals surface area contributed by atoms with Crippen molar-refractivity contribution in [3.05, 3.63) is 53.3 Å². The number of ether oxygens (including phenoxy) is 2. The van der Waals surface area contributed by atoms with E-state index < -0.39 is 6.10 Å². The van der Waals surface area contributed by atoms with E-state index in [9.17, 15) is 9.50 Å². The Morgan fingerprint density at radius 3 is 2.83 bits per heavy atom. The molecule has 0 saturated heterocycles. The van der Waals surface area contributed by atoms with Gasteiger partial charge in [-0.25, -0.2) is 4.39 Å². The van der Waals surface area contributed by atoms with Gasteiger partial charge in [-0.2, -0.15) is 0 Å². The highest BCUT2D eigenvalue weighted by molar-refractivity contribution is 5.61. The fourth-order valence-electron chi connectivity index (χ4n) is 2.89. The van der Waals surface area contributed by atoms with Gasteiger partial charge in [-0.05, 0) is 25.0 Å². The van der Waals surface area contributed by atoms with Crippen molar-refractivity contribution in [1.82, 2.24) is 0 Å². The summed E-state index contributed by atoms with van der Waals surface area (Å²) in [6.45, 7) is 0.801. The molecule has 4 nitrogen and oxygen atoms in total. The number of aliphatic hydroxyl groups is 1. The number of fused-ring (bicyclic) bond motifs is 1. The standard InChI is InChI=1S/C19H20FNO3/c20-18-12(3-1-6-17(18)24-13-7-8-13)11-21-15-5-2-4-14-16(22)9-10-23-19(14)15/h1-6,13,16,21-22H,7-11H2. The summed E-state index contributed by atoms with van der Waals surface area (Å²) in [4.78, 5) is 0. The van der Waals surface area contributed by atoms with Crippen molar-refractivity contribution in [2.24, 2.45) is 0 Å². The summed E-state index contributed by atoms with van der Waals surface area (Å²) < 4.78 is 25.8. The van der Waals surface area contributed by atoms with Crippen LogP contribution in [-0.4, -0.2) is 17.8 Å². The Balaban J connectivity index is 1.52. The van der Waals surface area contributed by atoms with Crippen LogP contribution in [0.1, 0.15) is 36.5 Å². The molecule has 1 heterocycles. The lowest BCUT2D eigenvalue weighted by atomic mass is 10.0. The highest BCUT2D eigenvalue weighted by Gasteiger charge is 2.25. The molecule has 24 heavy (non-hydrogen) atoms. The van der Waals surface area contributed by atoms with Gasteiger partial charge in [-0.3, -0.25) is 0 Å². The quantitative estimate of drug-likeness (QED) is 0.876. The van der Waals surface area contributed by atoms with Crippen LogP contribution in [0.2, 0.25) is 0 Å². The minimum absolute atomic E-state index is 0.165. The fraction of sp³-hybridized carbons (Fsp3) is 0.368. The van der Waals surface area contributed by atoms with E-state index in [1.807, 2.05) is 18.2 Å². The first-order valence-corrected chi connectivity index (χ1v) is 8.34. The number of para-hydroxylation sites is 1. The Labute approximate surface area is 140 Å². The first kappa shape index (κ1) is 15.3. The van der Waals surface area contributed by atoms with Crippen molar-refractivity contribution >= 4 is 5.69 Å². The van der Waals surface area contributed by atoms with Crippen molar-refractivity contribution in [2.45, 2.75) is 38.0 Å². The van der Waals surface area contributed by atoms with E-state index in [2.05, 4.69) is 5.32 Å². The largest absolute Gasteiger partial charge is 0.491 e. The van der Waals surface area contributed by atoms with Crippen molar-refractivity contribution in [2.75, 3.05) is 11.9 Å². The summed E-state index contributed by atoms with van der Waals surface area (Å²) in [6.07, 6.45) is 2.24. The Bertz CT molecular complexity index is 745. The predicted octanol–water partition coefficient (Wildman–Crippen LogP) is 3.79. The van der Waals surface area contributed by atoms with Crippen LogP contribution in [0, 0.1) is 5.82 Å². The van der Waals surface area contributed by atoms with Crippen LogP contribution in [0.3, 0.4) is 0 Å². The van der Waals surface area contributed by atoms with Crippen LogP contribution < -0.4 is 14.8 Å². The maximum Gasteiger partial charge on any atom is 0.170 e. The number of benzene rings is 2. The summed E-state index contributed by atoms with van der Waals surface area (Å²) in [6, 6.07) is 10.8. The second-order valence-electron chi connectivity index (χ2n) is 6.28. The molecule has 1 aliphatic carbocycles. The molecule has 5 heteroatoms. The number of aliphatic hydroxyl groups excluding tert-OH is 1. The number of hydrogen-bond acceptors (Lipinski definition) is 4. The zero-order valence-electron chi connectivity index (χ0n) is 13.3. The summed E-state index contributed by atoms with van der Waals surface area (Å²) in [5.41, 5.74) is 2.08. The monoisotopic (exact) mass is 329 g/mol. The molecule has 2 N–H and O–H groups in total. The molecular weight excluding hydrogens is 309 g/mol. The lowest BCUT2D eigenvalue weighted by Gasteiger charge is -2.24. The molecular formula is C19H20FNO3. The Morgan fingerprint density at radius 2 is 2.00 bits per heavy atom. The molecule has 2 aliphatic rings. The Morgan fingerprint density at radius 1 is 1.17 bits per heavy atom. The van der Waals surface area contributed by atoms with Gasteiger partial charge >= 0.3 is 0 Å². The Kier molecular flexibility index (Phi) is 4.02. The minimum atomic E-state index is -0.512. The van der Waals surface area contributed by atoms with E-state index >= 15 is 0 Å². The third kappa shape index (κ3) is 3.04. The molecule has 0 radical (unpaired) electrons. The van der Waals surface area contributed by atoms with Crippen LogP contribution >= 0.6 is 0 Å². The van der Waals surface area contributed by atoms with Crippen LogP contribution in [0.25, 0.3) is 0 Å². The highest BCUT2D eigenvalue weighted by atomic mass is 19.1. The van der Waals surface area contributed by atoms with E-state index in [-0.39, 0.29) is 11.9 Å². The average Bonchev–Trinajstić information content (AvgIpc) is 3.40. The molecule has 126 valence electrons. The topological polar surface area (TPSA) is 50.7 Å². The number of halogens is 1. The van der Waals surface area contributed by atoms with Gasteiger partial charge in [0.1, 0.15) is 5.75 Å². The summed E-state index contributed by atoms with van der Waals surface area (Å²) in [5, 5.41) is 13.3.